The second kappa shape index (κ2) is 6.19. The zero-order valence-corrected chi connectivity index (χ0v) is 13.8. The van der Waals surface area contributed by atoms with E-state index in [4.69, 9.17) is 0 Å². The second-order valence-corrected chi connectivity index (χ2v) is 7.18. The highest BCUT2D eigenvalue weighted by atomic mass is 32.2. The van der Waals surface area contributed by atoms with Crippen LogP contribution >= 0.6 is 23.1 Å². The number of aryl methyl sites for hydroxylation is 1. The van der Waals surface area contributed by atoms with Crippen molar-refractivity contribution < 1.29 is 4.79 Å². The van der Waals surface area contributed by atoms with Gasteiger partial charge in [0.05, 0.1) is 5.75 Å². The Kier molecular flexibility index (Phi) is 4.30. The number of hydrogen-bond donors (Lipinski definition) is 1. The minimum Gasteiger partial charge on any atom is -0.353 e. The molecule has 21 heavy (non-hydrogen) atoms. The molecule has 7 heteroatoms. The van der Waals surface area contributed by atoms with Crippen molar-refractivity contribution in [3.63, 3.8) is 0 Å². The van der Waals surface area contributed by atoms with Crippen LogP contribution < -0.4 is 5.32 Å². The first-order valence-corrected chi connectivity index (χ1v) is 8.94. The topological polar surface area (TPSA) is 59.8 Å². The van der Waals surface area contributed by atoms with E-state index in [1.54, 1.807) is 11.3 Å². The van der Waals surface area contributed by atoms with Crippen LogP contribution in [0.25, 0.3) is 11.4 Å². The van der Waals surface area contributed by atoms with Gasteiger partial charge in [-0.2, -0.15) is 0 Å². The molecule has 0 atom stereocenters. The van der Waals surface area contributed by atoms with E-state index in [0.717, 1.165) is 35.9 Å². The zero-order valence-electron chi connectivity index (χ0n) is 12.1. The molecule has 1 N–H and O–H groups in total. The molecular weight excluding hydrogens is 304 g/mol. The summed E-state index contributed by atoms with van der Waals surface area (Å²) in [5.41, 5.74) is 1.10. The summed E-state index contributed by atoms with van der Waals surface area (Å²) in [5, 5.41) is 14.4. The number of amides is 1. The molecule has 2 aromatic heterocycles. The van der Waals surface area contributed by atoms with E-state index in [9.17, 15) is 4.79 Å². The predicted molar refractivity (Wildman–Crippen MR) is 85.6 cm³/mol. The number of hydrogen-bond acceptors (Lipinski definition) is 5. The summed E-state index contributed by atoms with van der Waals surface area (Å²) >= 11 is 3.16. The van der Waals surface area contributed by atoms with E-state index in [-0.39, 0.29) is 5.91 Å². The van der Waals surface area contributed by atoms with Crippen molar-refractivity contribution in [3.05, 3.63) is 16.3 Å². The first kappa shape index (κ1) is 14.6. The number of nitrogens with zero attached hydrogens (tertiary/aromatic N) is 3. The van der Waals surface area contributed by atoms with E-state index in [1.807, 2.05) is 0 Å². The Balaban J connectivity index is 1.70. The SMILES string of the molecule is CCn1c(SCC(=O)NC2CC2)nnc1-c1csc(C)c1. The first-order chi connectivity index (χ1) is 10.2. The lowest BCUT2D eigenvalue weighted by molar-refractivity contribution is -0.118. The lowest BCUT2D eigenvalue weighted by Gasteiger charge is -2.06. The van der Waals surface area contributed by atoms with Gasteiger partial charge in [0.2, 0.25) is 5.91 Å². The van der Waals surface area contributed by atoms with Crippen molar-refractivity contribution in [1.29, 1.82) is 0 Å². The Labute approximate surface area is 132 Å². The average Bonchev–Trinajstić information content (AvgIpc) is 3.01. The fraction of sp³-hybridized carbons (Fsp3) is 0.500. The fourth-order valence-electron chi connectivity index (χ4n) is 2.08. The summed E-state index contributed by atoms with van der Waals surface area (Å²) in [6.45, 7) is 4.95. The van der Waals surface area contributed by atoms with E-state index >= 15 is 0 Å². The standard InChI is InChI=1S/C14H18N4OS2/c1-3-18-13(10-6-9(2)20-7-10)16-17-14(18)21-8-12(19)15-11-4-5-11/h6-7,11H,3-5,8H2,1-2H3,(H,15,19). The Morgan fingerprint density at radius 1 is 1.52 bits per heavy atom. The molecule has 0 spiro atoms. The third-order valence-electron chi connectivity index (χ3n) is 3.30. The highest BCUT2D eigenvalue weighted by Gasteiger charge is 2.23. The quantitative estimate of drug-likeness (QED) is 0.831. The van der Waals surface area contributed by atoms with Crippen molar-refractivity contribution in [1.82, 2.24) is 20.1 Å². The second-order valence-electron chi connectivity index (χ2n) is 5.13. The Bertz CT molecular complexity index is 645. The van der Waals surface area contributed by atoms with Gasteiger partial charge in [-0.15, -0.1) is 21.5 Å². The molecule has 3 rings (SSSR count). The first-order valence-electron chi connectivity index (χ1n) is 7.08. The van der Waals surface area contributed by atoms with Gasteiger partial charge in [-0.1, -0.05) is 11.8 Å². The summed E-state index contributed by atoms with van der Waals surface area (Å²) in [7, 11) is 0. The van der Waals surface area contributed by atoms with Gasteiger partial charge >= 0.3 is 0 Å². The van der Waals surface area contributed by atoms with Crippen LogP contribution in [-0.2, 0) is 11.3 Å². The predicted octanol–water partition coefficient (Wildman–Crippen LogP) is 2.71. The normalized spacial score (nSPS) is 14.4. The van der Waals surface area contributed by atoms with E-state index in [0.29, 0.717) is 11.8 Å². The van der Waals surface area contributed by atoms with Crippen LogP contribution in [0.2, 0.25) is 0 Å². The monoisotopic (exact) mass is 322 g/mol. The van der Waals surface area contributed by atoms with Gasteiger partial charge in [-0.25, -0.2) is 0 Å². The van der Waals surface area contributed by atoms with Gasteiger partial charge in [0, 0.05) is 28.4 Å². The molecule has 2 aromatic rings. The van der Waals surface area contributed by atoms with Gasteiger partial charge in [-0.05, 0) is 32.8 Å². The van der Waals surface area contributed by atoms with E-state index < -0.39 is 0 Å². The number of thioether (sulfide) groups is 1. The summed E-state index contributed by atoms with van der Waals surface area (Å²) in [6, 6.07) is 2.53. The van der Waals surface area contributed by atoms with Crippen LogP contribution in [0.15, 0.2) is 16.6 Å². The molecule has 0 bridgehead atoms. The summed E-state index contributed by atoms with van der Waals surface area (Å²) in [4.78, 5) is 13.0. The zero-order chi connectivity index (χ0) is 14.8. The molecule has 1 fully saturated rings. The molecule has 0 radical (unpaired) electrons. The smallest absolute Gasteiger partial charge is 0.230 e. The van der Waals surface area contributed by atoms with Gasteiger partial charge in [-0.3, -0.25) is 4.79 Å². The largest absolute Gasteiger partial charge is 0.353 e. The molecule has 1 amide bonds. The van der Waals surface area contributed by atoms with Crippen molar-refractivity contribution in [2.24, 2.45) is 0 Å². The summed E-state index contributed by atoms with van der Waals surface area (Å²) in [6.07, 6.45) is 2.23. The lowest BCUT2D eigenvalue weighted by Crippen LogP contribution is -2.27. The van der Waals surface area contributed by atoms with Crippen molar-refractivity contribution in [3.8, 4) is 11.4 Å². The van der Waals surface area contributed by atoms with E-state index in [1.165, 1.54) is 16.6 Å². The molecule has 0 saturated heterocycles. The summed E-state index contributed by atoms with van der Waals surface area (Å²) in [5.74, 6) is 1.37. The summed E-state index contributed by atoms with van der Waals surface area (Å²) < 4.78 is 2.07. The molecule has 0 unspecified atom stereocenters. The third kappa shape index (κ3) is 3.47. The number of carbonyl (C=O) groups is 1. The molecule has 5 nitrogen and oxygen atoms in total. The van der Waals surface area contributed by atoms with Gasteiger partial charge < -0.3 is 9.88 Å². The van der Waals surface area contributed by atoms with Crippen molar-refractivity contribution in [2.75, 3.05) is 5.75 Å². The van der Waals surface area contributed by atoms with Crippen molar-refractivity contribution in [2.45, 2.75) is 44.4 Å². The maximum Gasteiger partial charge on any atom is 0.230 e. The van der Waals surface area contributed by atoms with Crippen LogP contribution in [0.3, 0.4) is 0 Å². The maximum atomic E-state index is 11.8. The molecule has 1 aliphatic rings. The van der Waals surface area contributed by atoms with Gasteiger partial charge in [0.1, 0.15) is 0 Å². The van der Waals surface area contributed by atoms with Crippen LogP contribution in [0.1, 0.15) is 24.6 Å². The molecule has 1 saturated carbocycles. The van der Waals surface area contributed by atoms with Crippen LogP contribution in [-0.4, -0.2) is 32.5 Å². The van der Waals surface area contributed by atoms with Crippen LogP contribution in [0.4, 0.5) is 0 Å². The minimum absolute atomic E-state index is 0.0843. The van der Waals surface area contributed by atoms with E-state index in [2.05, 4.69) is 45.4 Å². The number of thiophene rings is 1. The Hall–Kier alpha value is -1.34. The Morgan fingerprint density at radius 2 is 2.33 bits per heavy atom. The van der Waals surface area contributed by atoms with Crippen molar-refractivity contribution >= 4 is 29.0 Å². The molecule has 0 aliphatic heterocycles. The lowest BCUT2D eigenvalue weighted by atomic mass is 10.3. The maximum absolute atomic E-state index is 11.8. The molecule has 112 valence electrons. The highest BCUT2D eigenvalue weighted by Crippen LogP contribution is 2.27. The van der Waals surface area contributed by atoms with Crippen LogP contribution in [0.5, 0.6) is 0 Å². The third-order valence-corrected chi connectivity index (χ3v) is 5.12. The Morgan fingerprint density at radius 3 is 2.95 bits per heavy atom. The fourth-order valence-corrected chi connectivity index (χ4v) is 3.58. The molecule has 1 aliphatic carbocycles. The van der Waals surface area contributed by atoms with Crippen LogP contribution in [0, 0.1) is 6.92 Å². The van der Waals surface area contributed by atoms with Gasteiger partial charge in [0.25, 0.3) is 0 Å². The van der Waals surface area contributed by atoms with Gasteiger partial charge in [0.15, 0.2) is 11.0 Å². The molecular formula is C14H18N4OS2. The highest BCUT2D eigenvalue weighted by molar-refractivity contribution is 7.99. The number of carbonyl (C=O) groups excluding carboxylic acids is 1. The molecule has 0 aromatic carbocycles. The molecule has 2 heterocycles. The number of rotatable bonds is 6. The number of nitrogens with one attached hydrogen (secondary N) is 1. The number of aromatic nitrogens is 3. The average molecular weight is 322 g/mol. The minimum atomic E-state index is 0.0843.